The van der Waals surface area contributed by atoms with Gasteiger partial charge < -0.3 is 16.2 Å². The van der Waals surface area contributed by atoms with Crippen LogP contribution >= 0.6 is 0 Å². The lowest BCUT2D eigenvalue weighted by Gasteiger charge is -2.24. The number of rotatable bonds is 5. The van der Waals surface area contributed by atoms with Crippen molar-refractivity contribution in [2.24, 2.45) is 0 Å². The van der Waals surface area contributed by atoms with Crippen molar-refractivity contribution in [1.29, 1.82) is 0 Å². The lowest BCUT2D eigenvalue weighted by molar-refractivity contribution is 0.0637. The van der Waals surface area contributed by atoms with Crippen molar-refractivity contribution >= 4 is 11.4 Å². The molecule has 0 bridgehead atoms. The highest BCUT2D eigenvalue weighted by Crippen LogP contribution is 2.23. The molecule has 0 aliphatic heterocycles. The largest absolute Gasteiger partial charge is 0.397 e. The summed E-state index contributed by atoms with van der Waals surface area (Å²) in [5, 5.41) is 13.3. The van der Waals surface area contributed by atoms with E-state index in [-0.39, 0.29) is 0 Å². The van der Waals surface area contributed by atoms with Crippen LogP contribution in [0.2, 0.25) is 0 Å². The molecule has 0 aliphatic rings. The maximum absolute atomic E-state index is 10.1. The molecule has 0 spiro atoms. The Labute approximate surface area is 97.7 Å². The summed E-state index contributed by atoms with van der Waals surface area (Å²) in [5.74, 6) is 0. The van der Waals surface area contributed by atoms with E-state index in [1.165, 1.54) is 0 Å². The number of para-hydroxylation sites is 1. The Morgan fingerprint density at radius 1 is 1.44 bits per heavy atom. The number of benzene rings is 1. The highest BCUT2D eigenvalue weighted by molar-refractivity contribution is 5.69. The van der Waals surface area contributed by atoms with Crippen LogP contribution in [-0.2, 0) is 0 Å². The molecule has 0 amide bonds. The number of nitrogens with two attached hydrogens (primary N) is 1. The summed E-state index contributed by atoms with van der Waals surface area (Å²) in [7, 11) is 0. The number of nitrogen functional groups attached to an aromatic ring is 1. The fraction of sp³-hybridized carbons (Fsp3) is 0.538. The van der Waals surface area contributed by atoms with Crippen LogP contribution in [-0.4, -0.2) is 17.3 Å². The average Bonchev–Trinajstić information content (AvgIpc) is 2.16. The van der Waals surface area contributed by atoms with Gasteiger partial charge in [0.05, 0.1) is 17.0 Å². The van der Waals surface area contributed by atoms with Gasteiger partial charge in [-0.1, -0.05) is 25.5 Å². The first-order valence-electron chi connectivity index (χ1n) is 5.77. The van der Waals surface area contributed by atoms with Crippen LogP contribution in [0.5, 0.6) is 0 Å². The summed E-state index contributed by atoms with van der Waals surface area (Å²) >= 11 is 0. The zero-order valence-electron chi connectivity index (χ0n) is 10.4. The molecule has 1 aromatic rings. The molecule has 1 aromatic carbocycles. The molecule has 4 N–H and O–H groups in total. The number of aryl methyl sites for hydroxylation is 1. The predicted octanol–water partition coefficient (Wildman–Crippen LogP) is 2.54. The zero-order chi connectivity index (χ0) is 12.2. The van der Waals surface area contributed by atoms with E-state index in [4.69, 9.17) is 5.73 Å². The van der Waals surface area contributed by atoms with E-state index in [1.807, 2.05) is 32.0 Å². The van der Waals surface area contributed by atoms with Gasteiger partial charge in [0.2, 0.25) is 0 Å². The van der Waals surface area contributed by atoms with E-state index in [9.17, 15) is 5.11 Å². The minimum atomic E-state index is -0.677. The Morgan fingerprint density at radius 2 is 2.12 bits per heavy atom. The molecule has 1 unspecified atom stereocenters. The average molecular weight is 222 g/mol. The number of nitrogens with one attached hydrogen (secondary N) is 1. The second-order valence-electron chi connectivity index (χ2n) is 4.64. The van der Waals surface area contributed by atoms with Crippen molar-refractivity contribution in [2.75, 3.05) is 17.6 Å². The molecule has 1 rings (SSSR count). The van der Waals surface area contributed by atoms with Crippen molar-refractivity contribution in [1.82, 2.24) is 0 Å². The summed E-state index contributed by atoms with van der Waals surface area (Å²) in [6, 6.07) is 5.80. The second-order valence-corrected chi connectivity index (χ2v) is 4.64. The highest BCUT2D eigenvalue weighted by atomic mass is 16.3. The Balaban J connectivity index is 2.68. The number of aliphatic hydroxyl groups is 1. The minimum absolute atomic E-state index is 0.524. The van der Waals surface area contributed by atoms with Gasteiger partial charge in [0.15, 0.2) is 0 Å². The Hall–Kier alpha value is -1.22. The third-order valence-corrected chi connectivity index (χ3v) is 2.74. The van der Waals surface area contributed by atoms with E-state index in [0.29, 0.717) is 6.54 Å². The molecule has 0 aromatic heterocycles. The van der Waals surface area contributed by atoms with Crippen LogP contribution in [0.4, 0.5) is 11.4 Å². The molecule has 0 aliphatic carbocycles. The molecule has 0 radical (unpaired) electrons. The smallest absolute Gasteiger partial charge is 0.0791 e. The highest BCUT2D eigenvalue weighted by Gasteiger charge is 2.19. The third-order valence-electron chi connectivity index (χ3n) is 2.74. The third kappa shape index (κ3) is 3.42. The molecule has 90 valence electrons. The van der Waals surface area contributed by atoms with Crippen LogP contribution in [0.15, 0.2) is 18.2 Å². The summed E-state index contributed by atoms with van der Waals surface area (Å²) in [4.78, 5) is 0. The predicted molar refractivity (Wildman–Crippen MR) is 69.6 cm³/mol. The fourth-order valence-electron chi connectivity index (χ4n) is 1.84. The molecule has 0 heterocycles. The van der Waals surface area contributed by atoms with E-state index in [2.05, 4.69) is 12.2 Å². The van der Waals surface area contributed by atoms with E-state index in [0.717, 1.165) is 29.8 Å². The van der Waals surface area contributed by atoms with Gasteiger partial charge in [-0.3, -0.25) is 0 Å². The Bertz CT molecular complexity index is 328. The first kappa shape index (κ1) is 12.8. The number of hydrogen-bond donors (Lipinski definition) is 3. The second kappa shape index (κ2) is 5.21. The van der Waals surface area contributed by atoms with Crippen molar-refractivity contribution in [3.05, 3.63) is 23.8 Å². The van der Waals surface area contributed by atoms with Crippen LogP contribution in [0.3, 0.4) is 0 Å². The van der Waals surface area contributed by atoms with Gasteiger partial charge in [0, 0.05) is 6.54 Å². The Kier molecular flexibility index (Phi) is 4.19. The van der Waals surface area contributed by atoms with Gasteiger partial charge in [0.1, 0.15) is 0 Å². The maximum atomic E-state index is 10.1. The first-order valence-corrected chi connectivity index (χ1v) is 5.77. The van der Waals surface area contributed by atoms with Crippen LogP contribution in [0.25, 0.3) is 0 Å². The topological polar surface area (TPSA) is 58.3 Å². The summed E-state index contributed by atoms with van der Waals surface area (Å²) < 4.78 is 0. The molecule has 1 atom stereocenters. The number of hydrogen-bond acceptors (Lipinski definition) is 3. The molecule has 0 fully saturated rings. The summed E-state index contributed by atoms with van der Waals surface area (Å²) in [6.45, 7) is 6.44. The van der Waals surface area contributed by atoms with Gasteiger partial charge in [0.25, 0.3) is 0 Å². The molecule has 3 nitrogen and oxygen atoms in total. The lowest BCUT2D eigenvalue weighted by atomic mass is 10.0. The number of anilines is 2. The van der Waals surface area contributed by atoms with Crippen molar-refractivity contribution in [3.63, 3.8) is 0 Å². The molecule has 3 heteroatoms. The molecule has 0 saturated heterocycles. The quantitative estimate of drug-likeness (QED) is 0.671. The van der Waals surface area contributed by atoms with Crippen molar-refractivity contribution in [3.8, 4) is 0 Å². The maximum Gasteiger partial charge on any atom is 0.0791 e. The van der Waals surface area contributed by atoms with Gasteiger partial charge >= 0.3 is 0 Å². The lowest BCUT2D eigenvalue weighted by Crippen LogP contribution is -2.33. The SMILES string of the molecule is CCCC(C)(O)CNc1c(C)cccc1N. The molecule has 16 heavy (non-hydrogen) atoms. The van der Waals surface area contributed by atoms with E-state index >= 15 is 0 Å². The molecular weight excluding hydrogens is 200 g/mol. The summed E-state index contributed by atoms with van der Waals surface area (Å²) in [6.07, 6.45) is 1.75. The van der Waals surface area contributed by atoms with Gasteiger partial charge in [-0.2, -0.15) is 0 Å². The molecule has 0 saturated carbocycles. The normalized spacial score (nSPS) is 14.5. The molecular formula is C13H22N2O. The zero-order valence-corrected chi connectivity index (χ0v) is 10.4. The van der Waals surface area contributed by atoms with Crippen LogP contribution in [0.1, 0.15) is 32.3 Å². The minimum Gasteiger partial charge on any atom is -0.397 e. The van der Waals surface area contributed by atoms with Crippen LogP contribution in [0, 0.1) is 6.92 Å². The standard InChI is InChI=1S/C13H22N2O/c1-4-8-13(3,16)9-15-12-10(2)6-5-7-11(12)14/h5-7,15-16H,4,8-9,14H2,1-3H3. The van der Waals surface area contributed by atoms with Crippen molar-refractivity contribution < 1.29 is 5.11 Å². The summed E-state index contributed by atoms with van der Waals surface area (Å²) in [5.41, 5.74) is 7.97. The van der Waals surface area contributed by atoms with Crippen molar-refractivity contribution in [2.45, 2.75) is 39.2 Å². The first-order chi connectivity index (χ1) is 7.46. The van der Waals surface area contributed by atoms with Gasteiger partial charge in [-0.15, -0.1) is 0 Å². The fourth-order valence-corrected chi connectivity index (χ4v) is 1.84. The van der Waals surface area contributed by atoms with E-state index in [1.54, 1.807) is 0 Å². The van der Waals surface area contributed by atoms with Crippen LogP contribution < -0.4 is 11.1 Å². The van der Waals surface area contributed by atoms with Gasteiger partial charge in [-0.05, 0) is 31.9 Å². The van der Waals surface area contributed by atoms with E-state index < -0.39 is 5.60 Å². The Morgan fingerprint density at radius 3 is 2.69 bits per heavy atom. The monoisotopic (exact) mass is 222 g/mol. The van der Waals surface area contributed by atoms with Gasteiger partial charge in [-0.25, -0.2) is 0 Å².